The molecule has 37 heavy (non-hydrogen) atoms. The third-order valence-electron chi connectivity index (χ3n) is 5.60. The summed E-state index contributed by atoms with van der Waals surface area (Å²) in [7, 11) is 0. The Morgan fingerprint density at radius 2 is 1.78 bits per heavy atom. The number of aryl methyl sites for hydroxylation is 1. The Balaban J connectivity index is 1.81. The van der Waals surface area contributed by atoms with Crippen LogP contribution in [0, 0.1) is 6.92 Å². The monoisotopic (exact) mass is 512 g/mol. The molecule has 1 saturated heterocycles. The first kappa shape index (κ1) is 25.7. The third kappa shape index (κ3) is 5.42. The standard InChI is InChI=1S/C27H23F3N2O5/c1-15(2)36-21-11-6-17(13-16(21)3)24(33)22-23(18-5-4-12-31-14-18)32(26(35)25(22)34)19-7-9-20(10-8-19)37-27(28,29)30/h4-15,23,33H,1-3H3/b24-22-. The maximum atomic E-state index is 13.2. The van der Waals surface area contributed by atoms with Crippen LogP contribution in [0.5, 0.6) is 11.5 Å². The number of Topliss-reactive ketones (excluding diaryl/α,β-unsaturated/α-hetero) is 1. The summed E-state index contributed by atoms with van der Waals surface area (Å²) in [5.74, 6) is -2.16. The highest BCUT2D eigenvalue weighted by Gasteiger charge is 2.47. The number of halogens is 3. The minimum Gasteiger partial charge on any atom is -0.507 e. The van der Waals surface area contributed by atoms with Crippen LogP contribution in [-0.4, -0.2) is 34.2 Å². The van der Waals surface area contributed by atoms with Gasteiger partial charge in [-0.2, -0.15) is 0 Å². The second-order valence-corrected chi connectivity index (χ2v) is 8.64. The van der Waals surface area contributed by atoms with E-state index in [1.165, 1.54) is 24.5 Å². The van der Waals surface area contributed by atoms with Crippen molar-refractivity contribution < 1.29 is 37.3 Å². The summed E-state index contributed by atoms with van der Waals surface area (Å²) in [6.07, 6.45) is -1.99. The number of benzene rings is 2. The minimum absolute atomic E-state index is 0.0676. The van der Waals surface area contributed by atoms with Gasteiger partial charge in [0.1, 0.15) is 17.3 Å². The molecule has 0 bridgehead atoms. The zero-order chi connectivity index (χ0) is 26.9. The molecule has 1 atom stereocenters. The van der Waals surface area contributed by atoms with Crippen molar-refractivity contribution in [3.05, 3.63) is 89.3 Å². The van der Waals surface area contributed by atoms with E-state index < -0.39 is 35.6 Å². The molecule has 1 aliphatic heterocycles. The van der Waals surface area contributed by atoms with Gasteiger partial charge < -0.3 is 14.6 Å². The lowest BCUT2D eigenvalue weighted by Crippen LogP contribution is -2.29. The number of aliphatic hydroxyl groups excluding tert-OH is 1. The van der Waals surface area contributed by atoms with Gasteiger partial charge in [-0.05, 0) is 80.4 Å². The molecule has 1 fully saturated rings. The van der Waals surface area contributed by atoms with E-state index in [9.17, 15) is 27.9 Å². The molecule has 0 aliphatic carbocycles. The number of nitrogens with zero attached hydrogens (tertiary/aromatic N) is 2. The number of pyridine rings is 1. The number of hydrogen-bond donors (Lipinski definition) is 1. The molecule has 1 unspecified atom stereocenters. The number of anilines is 1. The first-order valence-corrected chi connectivity index (χ1v) is 11.3. The maximum absolute atomic E-state index is 13.2. The number of aliphatic hydroxyl groups is 1. The SMILES string of the molecule is Cc1cc(/C(O)=C2/C(=O)C(=O)N(c3ccc(OC(F)(F)F)cc3)C2c2cccnc2)ccc1OC(C)C. The fraction of sp³-hybridized carbons (Fsp3) is 0.222. The molecule has 1 amide bonds. The van der Waals surface area contributed by atoms with Crippen molar-refractivity contribution in [1.29, 1.82) is 0 Å². The average molecular weight is 512 g/mol. The number of rotatable bonds is 6. The van der Waals surface area contributed by atoms with Crippen LogP contribution in [0.2, 0.25) is 0 Å². The number of ketones is 1. The Kier molecular flexibility index (Phi) is 6.93. The van der Waals surface area contributed by atoms with Gasteiger partial charge in [0.2, 0.25) is 0 Å². The Labute approximate surface area is 210 Å². The van der Waals surface area contributed by atoms with Crippen LogP contribution in [0.3, 0.4) is 0 Å². The lowest BCUT2D eigenvalue weighted by atomic mass is 9.95. The first-order chi connectivity index (χ1) is 17.5. The molecule has 0 spiro atoms. The molecular formula is C27H23F3N2O5. The van der Waals surface area contributed by atoms with Crippen molar-refractivity contribution in [3.8, 4) is 11.5 Å². The van der Waals surface area contributed by atoms with E-state index in [-0.39, 0.29) is 17.4 Å². The molecule has 3 aromatic rings. The van der Waals surface area contributed by atoms with E-state index in [2.05, 4.69) is 9.72 Å². The van der Waals surface area contributed by atoms with Gasteiger partial charge in [-0.1, -0.05) is 6.07 Å². The maximum Gasteiger partial charge on any atom is 0.573 e. The second-order valence-electron chi connectivity index (χ2n) is 8.64. The number of amides is 1. The molecule has 2 aromatic carbocycles. The van der Waals surface area contributed by atoms with Crippen LogP contribution in [0.4, 0.5) is 18.9 Å². The molecule has 4 rings (SSSR count). The van der Waals surface area contributed by atoms with E-state index in [1.54, 1.807) is 37.3 Å². The van der Waals surface area contributed by atoms with Crippen LogP contribution in [0.15, 0.2) is 72.6 Å². The molecule has 1 N–H and O–H groups in total. The fourth-order valence-electron chi connectivity index (χ4n) is 4.10. The quantitative estimate of drug-likeness (QED) is 0.259. The van der Waals surface area contributed by atoms with Crippen LogP contribution in [0.25, 0.3) is 5.76 Å². The molecule has 0 saturated carbocycles. The third-order valence-corrected chi connectivity index (χ3v) is 5.60. The molecular weight excluding hydrogens is 489 g/mol. The van der Waals surface area contributed by atoms with Gasteiger partial charge in [0.25, 0.3) is 11.7 Å². The predicted molar refractivity (Wildman–Crippen MR) is 129 cm³/mol. The van der Waals surface area contributed by atoms with Crippen LogP contribution >= 0.6 is 0 Å². The summed E-state index contributed by atoms with van der Waals surface area (Å²) >= 11 is 0. The van der Waals surface area contributed by atoms with Crippen LogP contribution in [0.1, 0.15) is 36.6 Å². The van der Waals surface area contributed by atoms with Crippen molar-refractivity contribution in [2.45, 2.75) is 39.3 Å². The van der Waals surface area contributed by atoms with Gasteiger partial charge >= 0.3 is 6.36 Å². The summed E-state index contributed by atoms with van der Waals surface area (Å²) < 4.78 is 47.4. The smallest absolute Gasteiger partial charge is 0.507 e. The summed E-state index contributed by atoms with van der Waals surface area (Å²) in [6.45, 7) is 5.55. The van der Waals surface area contributed by atoms with E-state index in [0.29, 0.717) is 22.4 Å². The Bertz CT molecular complexity index is 1350. The van der Waals surface area contributed by atoms with E-state index in [0.717, 1.165) is 17.0 Å². The second kappa shape index (κ2) is 9.96. The van der Waals surface area contributed by atoms with Gasteiger partial charge in [-0.3, -0.25) is 19.5 Å². The highest BCUT2D eigenvalue weighted by molar-refractivity contribution is 6.51. The molecule has 1 aromatic heterocycles. The van der Waals surface area contributed by atoms with E-state index in [1.807, 2.05) is 13.8 Å². The molecule has 192 valence electrons. The van der Waals surface area contributed by atoms with Crippen molar-refractivity contribution in [2.24, 2.45) is 0 Å². The Morgan fingerprint density at radius 3 is 2.35 bits per heavy atom. The number of alkyl halides is 3. The van der Waals surface area contributed by atoms with Crippen LogP contribution in [-0.2, 0) is 9.59 Å². The van der Waals surface area contributed by atoms with E-state index >= 15 is 0 Å². The summed E-state index contributed by atoms with van der Waals surface area (Å²) in [5.41, 5.74) is 1.40. The Morgan fingerprint density at radius 1 is 1.08 bits per heavy atom. The minimum atomic E-state index is -4.88. The van der Waals surface area contributed by atoms with Crippen LogP contribution < -0.4 is 14.4 Å². The summed E-state index contributed by atoms with van der Waals surface area (Å²) in [4.78, 5) is 31.6. The number of carbonyl (C=O) groups is 2. The zero-order valence-electron chi connectivity index (χ0n) is 20.1. The van der Waals surface area contributed by atoms with Gasteiger partial charge in [-0.15, -0.1) is 13.2 Å². The molecule has 10 heteroatoms. The Hall–Kier alpha value is -4.34. The predicted octanol–water partition coefficient (Wildman–Crippen LogP) is 5.70. The molecule has 0 radical (unpaired) electrons. The van der Waals surface area contributed by atoms with E-state index in [4.69, 9.17) is 4.74 Å². The largest absolute Gasteiger partial charge is 0.573 e. The van der Waals surface area contributed by atoms with Gasteiger partial charge in [0.05, 0.1) is 17.7 Å². The zero-order valence-corrected chi connectivity index (χ0v) is 20.1. The number of ether oxygens (including phenoxy) is 2. The topological polar surface area (TPSA) is 89.0 Å². The summed E-state index contributed by atoms with van der Waals surface area (Å²) in [6, 6.07) is 11.6. The lowest BCUT2D eigenvalue weighted by Gasteiger charge is -2.25. The van der Waals surface area contributed by atoms with Crippen molar-refractivity contribution in [1.82, 2.24) is 4.98 Å². The fourth-order valence-corrected chi connectivity index (χ4v) is 4.10. The average Bonchev–Trinajstić information content (AvgIpc) is 3.10. The highest BCUT2D eigenvalue weighted by Crippen LogP contribution is 2.42. The van der Waals surface area contributed by atoms with Crippen molar-refractivity contribution in [3.63, 3.8) is 0 Å². The van der Waals surface area contributed by atoms with Gasteiger partial charge in [0, 0.05) is 23.6 Å². The number of carbonyl (C=O) groups excluding carboxylic acids is 2. The van der Waals surface area contributed by atoms with Crippen molar-refractivity contribution >= 4 is 23.1 Å². The summed E-state index contributed by atoms with van der Waals surface area (Å²) in [5, 5.41) is 11.2. The normalized spacial score (nSPS) is 17.4. The molecule has 1 aliphatic rings. The van der Waals surface area contributed by atoms with Gasteiger partial charge in [0.15, 0.2) is 0 Å². The molecule has 7 nitrogen and oxygen atoms in total. The lowest BCUT2D eigenvalue weighted by molar-refractivity contribution is -0.274. The first-order valence-electron chi connectivity index (χ1n) is 11.3. The molecule has 2 heterocycles. The number of hydrogen-bond acceptors (Lipinski definition) is 6. The van der Waals surface area contributed by atoms with Gasteiger partial charge in [-0.25, -0.2) is 0 Å². The number of aromatic nitrogens is 1. The highest BCUT2D eigenvalue weighted by atomic mass is 19.4. The van der Waals surface area contributed by atoms with Crippen molar-refractivity contribution in [2.75, 3.05) is 4.90 Å².